The second-order valence-corrected chi connectivity index (χ2v) is 6.49. The molecule has 30 heavy (non-hydrogen) atoms. The molecule has 1 unspecified atom stereocenters. The van der Waals surface area contributed by atoms with Crippen LogP contribution in [0.15, 0.2) is 70.2 Å². The first-order chi connectivity index (χ1) is 14.5. The van der Waals surface area contributed by atoms with Crippen LogP contribution in [-0.2, 0) is 4.74 Å². The number of pyridine rings is 1. The van der Waals surface area contributed by atoms with Gasteiger partial charge in [0.25, 0.3) is 5.89 Å². The molecule has 0 radical (unpaired) electrons. The Morgan fingerprint density at radius 3 is 2.70 bits per heavy atom. The third-order valence-electron chi connectivity index (χ3n) is 4.29. The van der Waals surface area contributed by atoms with Crippen molar-refractivity contribution in [2.45, 2.75) is 20.0 Å². The van der Waals surface area contributed by atoms with Gasteiger partial charge in [0.15, 0.2) is 6.10 Å². The number of para-hydroxylation sites is 1. The molecule has 9 nitrogen and oxygen atoms in total. The number of nitrogens with zero attached hydrogens (tertiary/aromatic N) is 5. The van der Waals surface area contributed by atoms with Crippen molar-refractivity contribution >= 4 is 5.97 Å². The van der Waals surface area contributed by atoms with Crippen molar-refractivity contribution < 1.29 is 14.1 Å². The normalized spacial score (nSPS) is 11.8. The van der Waals surface area contributed by atoms with E-state index in [1.807, 2.05) is 30.3 Å². The zero-order chi connectivity index (χ0) is 21.1. The molecule has 1 aromatic carbocycles. The predicted molar refractivity (Wildman–Crippen MR) is 106 cm³/mol. The quantitative estimate of drug-likeness (QED) is 0.468. The largest absolute Gasteiger partial charge is 0.448 e. The maximum absolute atomic E-state index is 12.6. The zero-order valence-corrected chi connectivity index (χ0v) is 16.2. The molecular formula is C21H17N5O4. The first-order valence-corrected chi connectivity index (χ1v) is 9.14. The number of hydrogen-bond donors (Lipinski definition) is 0. The van der Waals surface area contributed by atoms with Crippen molar-refractivity contribution in [1.82, 2.24) is 24.9 Å². The minimum atomic E-state index is -0.877. The van der Waals surface area contributed by atoms with Gasteiger partial charge in [-0.1, -0.05) is 23.4 Å². The molecule has 0 aliphatic carbocycles. The van der Waals surface area contributed by atoms with Crippen LogP contribution in [0, 0.1) is 6.92 Å². The van der Waals surface area contributed by atoms with E-state index in [1.54, 1.807) is 38.4 Å². The average molecular weight is 403 g/mol. The zero-order valence-electron chi connectivity index (χ0n) is 16.2. The average Bonchev–Trinajstić information content (AvgIpc) is 3.25. The number of carbonyl (C=O) groups is 1. The van der Waals surface area contributed by atoms with Crippen LogP contribution in [0.3, 0.4) is 0 Å². The molecule has 0 saturated heterocycles. The SMILES string of the molecule is Cc1cc(=O)c(C(=O)OC(C)c2nc(-c3cccnc3)no2)nn1-c1ccccc1. The van der Waals surface area contributed by atoms with Crippen molar-refractivity contribution in [3.8, 4) is 17.1 Å². The standard InChI is InChI=1S/C21H17N5O4/c1-13-11-17(27)18(24-26(13)16-8-4-3-5-9-16)21(28)29-14(2)20-23-19(25-30-20)15-7-6-10-22-12-15/h3-12,14H,1-2H3. The maximum atomic E-state index is 12.6. The molecule has 0 aliphatic rings. The Morgan fingerprint density at radius 2 is 1.97 bits per heavy atom. The number of carbonyl (C=O) groups excluding carboxylic acids is 1. The van der Waals surface area contributed by atoms with Gasteiger partial charge < -0.3 is 9.26 Å². The van der Waals surface area contributed by atoms with Gasteiger partial charge in [0, 0.05) is 29.7 Å². The Kier molecular flexibility index (Phi) is 5.17. The van der Waals surface area contributed by atoms with Gasteiger partial charge in [0.2, 0.25) is 16.9 Å². The predicted octanol–water partition coefficient (Wildman–Crippen LogP) is 2.90. The van der Waals surface area contributed by atoms with E-state index in [1.165, 1.54) is 10.7 Å². The van der Waals surface area contributed by atoms with E-state index in [0.717, 1.165) is 5.69 Å². The second kappa shape index (κ2) is 8.08. The summed E-state index contributed by atoms with van der Waals surface area (Å²) in [5.41, 5.74) is 1.11. The molecule has 0 bridgehead atoms. The van der Waals surface area contributed by atoms with Crippen LogP contribution in [0.5, 0.6) is 0 Å². The number of esters is 1. The van der Waals surface area contributed by atoms with E-state index in [4.69, 9.17) is 9.26 Å². The summed E-state index contributed by atoms with van der Waals surface area (Å²) in [5.74, 6) is -0.461. The molecule has 3 heterocycles. The highest BCUT2D eigenvalue weighted by Gasteiger charge is 2.23. The van der Waals surface area contributed by atoms with Gasteiger partial charge in [-0.15, -0.1) is 0 Å². The summed E-state index contributed by atoms with van der Waals surface area (Å²) in [6.07, 6.45) is 2.35. The molecule has 4 aromatic rings. The fourth-order valence-electron chi connectivity index (χ4n) is 2.80. The Labute approximate surface area is 171 Å². The lowest BCUT2D eigenvalue weighted by Gasteiger charge is -2.12. The van der Waals surface area contributed by atoms with Gasteiger partial charge in [-0.2, -0.15) is 10.1 Å². The van der Waals surface area contributed by atoms with Crippen molar-refractivity contribution in [2.24, 2.45) is 0 Å². The molecule has 3 aromatic heterocycles. The number of benzene rings is 1. The van der Waals surface area contributed by atoms with Crippen molar-refractivity contribution in [1.29, 1.82) is 0 Å². The summed E-state index contributed by atoms with van der Waals surface area (Å²) in [6.45, 7) is 3.31. The fourth-order valence-corrected chi connectivity index (χ4v) is 2.80. The van der Waals surface area contributed by atoms with Crippen molar-refractivity contribution in [3.63, 3.8) is 0 Å². The Balaban J connectivity index is 1.57. The van der Waals surface area contributed by atoms with Crippen molar-refractivity contribution in [3.05, 3.63) is 88.4 Å². The lowest BCUT2D eigenvalue weighted by Crippen LogP contribution is -2.25. The smallest absolute Gasteiger partial charge is 0.363 e. The Hall–Kier alpha value is -4.14. The molecule has 0 aliphatic heterocycles. The van der Waals surface area contributed by atoms with Gasteiger partial charge in [-0.3, -0.25) is 9.78 Å². The number of rotatable bonds is 5. The second-order valence-electron chi connectivity index (χ2n) is 6.49. The highest BCUT2D eigenvalue weighted by molar-refractivity contribution is 5.87. The number of aryl methyl sites for hydroxylation is 1. The van der Waals surface area contributed by atoms with Gasteiger partial charge in [0.1, 0.15) is 0 Å². The minimum Gasteiger partial charge on any atom is -0.448 e. The van der Waals surface area contributed by atoms with Crippen LogP contribution in [0.4, 0.5) is 0 Å². The lowest BCUT2D eigenvalue weighted by molar-refractivity contribution is 0.0254. The van der Waals surface area contributed by atoms with Crippen LogP contribution >= 0.6 is 0 Å². The molecule has 1 atom stereocenters. The first kappa shape index (κ1) is 19.2. The minimum absolute atomic E-state index is 0.0951. The van der Waals surface area contributed by atoms with Crippen LogP contribution in [0.25, 0.3) is 17.1 Å². The van der Waals surface area contributed by atoms with Gasteiger partial charge in [0.05, 0.1) is 5.69 Å². The summed E-state index contributed by atoms with van der Waals surface area (Å²) in [6, 6.07) is 14.0. The first-order valence-electron chi connectivity index (χ1n) is 9.14. The maximum Gasteiger partial charge on any atom is 0.363 e. The van der Waals surface area contributed by atoms with E-state index in [-0.39, 0.29) is 11.6 Å². The Morgan fingerprint density at radius 1 is 1.17 bits per heavy atom. The molecule has 0 fully saturated rings. The topological polar surface area (TPSA) is 113 Å². The van der Waals surface area contributed by atoms with Crippen LogP contribution in [0.2, 0.25) is 0 Å². The van der Waals surface area contributed by atoms with Gasteiger partial charge in [-0.05, 0) is 38.1 Å². The van der Waals surface area contributed by atoms with Gasteiger partial charge >= 0.3 is 5.97 Å². The summed E-state index contributed by atoms with van der Waals surface area (Å²) in [5, 5.41) is 8.07. The summed E-state index contributed by atoms with van der Waals surface area (Å²) >= 11 is 0. The summed E-state index contributed by atoms with van der Waals surface area (Å²) in [4.78, 5) is 33.2. The summed E-state index contributed by atoms with van der Waals surface area (Å²) < 4.78 is 12.1. The Bertz CT molecular complexity index is 1240. The van der Waals surface area contributed by atoms with E-state index in [9.17, 15) is 9.59 Å². The highest BCUT2D eigenvalue weighted by Crippen LogP contribution is 2.20. The van der Waals surface area contributed by atoms with Crippen LogP contribution < -0.4 is 5.43 Å². The molecular weight excluding hydrogens is 386 g/mol. The van der Waals surface area contributed by atoms with Crippen molar-refractivity contribution in [2.75, 3.05) is 0 Å². The van der Waals surface area contributed by atoms with E-state index in [0.29, 0.717) is 17.1 Å². The van der Waals surface area contributed by atoms with E-state index >= 15 is 0 Å². The van der Waals surface area contributed by atoms with Gasteiger partial charge in [-0.25, -0.2) is 9.48 Å². The fraction of sp³-hybridized carbons (Fsp3) is 0.143. The lowest BCUT2D eigenvalue weighted by atomic mass is 10.3. The molecule has 0 saturated carbocycles. The van der Waals surface area contributed by atoms with E-state index < -0.39 is 17.5 Å². The highest BCUT2D eigenvalue weighted by atomic mass is 16.6. The monoisotopic (exact) mass is 403 g/mol. The number of aromatic nitrogens is 5. The van der Waals surface area contributed by atoms with Crippen LogP contribution in [-0.4, -0.2) is 30.9 Å². The number of hydrogen-bond acceptors (Lipinski definition) is 8. The molecule has 0 spiro atoms. The molecule has 4 rings (SSSR count). The third kappa shape index (κ3) is 3.86. The number of ether oxygens (including phenoxy) is 1. The molecule has 0 amide bonds. The molecule has 9 heteroatoms. The van der Waals surface area contributed by atoms with Crippen LogP contribution in [0.1, 0.15) is 35.1 Å². The molecule has 0 N–H and O–H groups in total. The molecule has 150 valence electrons. The third-order valence-corrected chi connectivity index (χ3v) is 4.29. The summed E-state index contributed by atoms with van der Waals surface area (Å²) in [7, 11) is 0. The van der Waals surface area contributed by atoms with E-state index in [2.05, 4.69) is 20.2 Å².